The maximum absolute atomic E-state index is 13.3. The maximum atomic E-state index is 13.3. The molecule has 2 fully saturated rings. The first-order chi connectivity index (χ1) is 10.5. The fourth-order valence-corrected chi connectivity index (χ4v) is 4.70. The number of amides is 1. The van der Waals surface area contributed by atoms with Crippen LogP contribution in [-0.2, 0) is 0 Å². The summed E-state index contributed by atoms with van der Waals surface area (Å²) >= 11 is 0. The highest BCUT2D eigenvalue weighted by Crippen LogP contribution is 2.47. The molecule has 22 heavy (non-hydrogen) atoms. The third-order valence-corrected chi connectivity index (χ3v) is 5.37. The van der Waals surface area contributed by atoms with E-state index in [1.165, 1.54) is 18.6 Å². The number of aromatic nitrogens is 1. The molecule has 1 aromatic heterocycles. The Labute approximate surface area is 129 Å². The number of hydrogen-bond acceptors (Lipinski definition) is 1. The number of H-pyrrole nitrogens is 1. The molecule has 3 atom stereocenters. The zero-order valence-electron chi connectivity index (χ0n) is 13.0. The number of fused-ring (bicyclic) bond motifs is 3. The Morgan fingerprint density at radius 2 is 2.23 bits per heavy atom. The van der Waals surface area contributed by atoms with Crippen molar-refractivity contribution in [1.82, 2.24) is 9.88 Å². The van der Waals surface area contributed by atoms with Crippen molar-refractivity contribution in [1.29, 1.82) is 0 Å². The molecule has 1 aromatic carbocycles. The molecule has 1 amide bonds. The van der Waals surface area contributed by atoms with Crippen LogP contribution in [0.3, 0.4) is 0 Å². The molecule has 3 unspecified atom stereocenters. The first kappa shape index (κ1) is 13.8. The first-order valence-electron chi connectivity index (χ1n) is 8.03. The summed E-state index contributed by atoms with van der Waals surface area (Å²) in [6.07, 6.45) is 5.13. The average molecular weight is 300 g/mol. The molecule has 1 N–H and O–H groups in total. The molecule has 3 nitrogen and oxygen atoms in total. The van der Waals surface area contributed by atoms with Crippen molar-refractivity contribution in [3.8, 4) is 0 Å². The summed E-state index contributed by atoms with van der Waals surface area (Å²) in [4.78, 5) is 18.1. The summed E-state index contributed by atoms with van der Waals surface area (Å²) in [5, 5.41) is 0.811. The number of hydrogen-bond donors (Lipinski definition) is 1. The zero-order chi connectivity index (χ0) is 15.5. The second-order valence-electron chi connectivity index (χ2n) is 7.54. The first-order valence-corrected chi connectivity index (χ1v) is 8.03. The summed E-state index contributed by atoms with van der Waals surface area (Å²) in [6, 6.07) is 4.91. The lowest BCUT2D eigenvalue weighted by Crippen LogP contribution is -2.35. The monoisotopic (exact) mass is 300 g/mol. The van der Waals surface area contributed by atoms with Crippen LogP contribution >= 0.6 is 0 Å². The summed E-state index contributed by atoms with van der Waals surface area (Å²) in [5.74, 6) is 0.478. The Bertz CT molecular complexity index is 753. The molecule has 1 aliphatic carbocycles. The van der Waals surface area contributed by atoms with Crippen molar-refractivity contribution in [2.45, 2.75) is 39.2 Å². The van der Waals surface area contributed by atoms with Gasteiger partial charge < -0.3 is 9.88 Å². The highest BCUT2D eigenvalue weighted by atomic mass is 19.1. The fourth-order valence-electron chi connectivity index (χ4n) is 4.70. The van der Waals surface area contributed by atoms with Crippen molar-refractivity contribution in [3.63, 3.8) is 0 Å². The smallest absolute Gasteiger partial charge is 0.256 e. The van der Waals surface area contributed by atoms with E-state index in [-0.39, 0.29) is 17.1 Å². The number of likely N-dealkylation sites (tertiary alicyclic amines) is 1. The number of carbonyl (C=O) groups is 1. The minimum atomic E-state index is -0.285. The zero-order valence-corrected chi connectivity index (χ0v) is 13.0. The molecular formula is C18H21FN2O. The molecule has 0 spiro atoms. The van der Waals surface area contributed by atoms with Crippen LogP contribution in [0.1, 0.15) is 43.5 Å². The van der Waals surface area contributed by atoms with Gasteiger partial charge >= 0.3 is 0 Å². The van der Waals surface area contributed by atoms with Gasteiger partial charge in [-0.2, -0.15) is 0 Å². The Morgan fingerprint density at radius 1 is 1.41 bits per heavy atom. The van der Waals surface area contributed by atoms with Crippen LogP contribution in [0.15, 0.2) is 24.4 Å². The number of benzene rings is 1. The van der Waals surface area contributed by atoms with Gasteiger partial charge in [-0.15, -0.1) is 0 Å². The van der Waals surface area contributed by atoms with Crippen molar-refractivity contribution in [3.05, 3.63) is 35.8 Å². The van der Waals surface area contributed by atoms with Gasteiger partial charge in [-0.25, -0.2) is 4.39 Å². The molecule has 4 rings (SSSR count). The normalized spacial score (nSPS) is 31.0. The number of aromatic amines is 1. The predicted molar refractivity (Wildman–Crippen MR) is 84.2 cm³/mol. The highest BCUT2D eigenvalue weighted by Gasteiger charge is 2.47. The molecule has 116 valence electrons. The molecule has 2 aliphatic rings. The van der Waals surface area contributed by atoms with E-state index < -0.39 is 0 Å². The molecule has 1 aliphatic heterocycles. The molecular weight excluding hydrogens is 279 g/mol. The average Bonchev–Trinajstić information content (AvgIpc) is 2.95. The molecule has 2 aromatic rings. The Balaban J connectivity index is 1.69. The quantitative estimate of drug-likeness (QED) is 0.850. The van der Waals surface area contributed by atoms with E-state index in [0.29, 0.717) is 23.0 Å². The van der Waals surface area contributed by atoms with Crippen LogP contribution in [-0.4, -0.2) is 28.4 Å². The third-order valence-electron chi connectivity index (χ3n) is 5.37. The summed E-state index contributed by atoms with van der Waals surface area (Å²) in [6.45, 7) is 5.43. The minimum Gasteiger partial charge on any atom is -0.360 e. The second kappa shape index (κ2) is 4.58. The van der Waals surface area contributed by atoms with E-state index in [0.717, 1.165) is 24.8 Å². The van der Waals surface area contributed by atoms with Crippen molar-refractivity contribution >= 4 is 16.8 Å². The van der Waals surface area contributed by atoms with Crippen LogP contribution < -0.4 is 0 Å². The molecule has 0 radical (unpaired) electrons. The molecule has 2 heterocycles. The lowest BCUT2D eigenvalue weighted by Gasteiger charge is -2.31. The number of carbonyl (C=O) groups excluding carboxylic acids is 1. The second-order valence-corrected chi connectivity index (χ2v) is 7.54. The van der Waals surface area contributed by atoms with Gasteiger partial charge in [0.1, 0.15) is 5.82 Å². The van der Waals surface area contributed by atoms with Gasteiger partial charge in [0.15, 0.2) is 0 Å². The largest absolute Gasteiger partial charge is 0.360 e. The minimum absolute atomic E-state index is 0.0840. The topological polar surface area (TPSA) is 36.1 Å². The van der Waals surface area contributed by atoms with Crippen LogP contribution in [0.5, 0.6) is 0 Å². The number of nitrogens with zero attached hydrogens (tertiary/aromatic N) is 1. The Hall–Kier alpha value is -1.84. The number of rotatable bonds is 1. The lowest BCUT2D eigenvalue weighted by atomic mass is 9.73. The van der Waals surface area contributed by atoms with Gasteiger partial charge in [0.25, 0.3) is 5.91 Å². The van der Waals surface area contributed by atoms with Crippen LogP contribution in [0, 0.1) is 17.2 Å². The van der Waals surface area contributed by atoms with Crippen LogP contribution in [0.2, 0.25) is 0 Å². The number of nitrogens with one attached hydrogen (secondary N) is 1. The van der Waals surface area contributed by atoms with Gasteiger partial charge in [0.2, 0.25) is 0 Å². The van der Waals surface area contributed by atoms with Crippen molar-refractivity contribution in [2.75, 3.05) is 6.54 Å². The molecule has 2 bridgehead atoms. The van der Waals surface area contributed by atoms with E-state index in [2.05, 4.69) is 23.7 Å². The maximum Gasteiger partial charge on any atom is 0.256 e. The Kier molecular flexibility index (Phi) is 2.87. The van der Waals surface area contributed by atoms with E-state index in [1.807, 2.05) is 0 Å². The van der Waals surface area contributed by atoms with Gasteiger partial charge in [0.05, 0.1) is 5.56 Å². The predicted octanol–water partition coefficient (Wildman–Crippen LogP) is 3.96. The van der Waals surface area contributed by atoms with Crippen molar-refractivity contribution in [2.24, 2.45) is 11.3 Å². The third kappa shape index (κ3) is 2.04. The summed E-state index contributed by atoms with van der Waals surface area (Å²) in [7, 11) is 0. The highest BCUT2D eigenvalue weighted by molar-refractivity contribution is 6.07. The summed E-state index contributed by atoms with van der Waals surface area (Å²) in [5.41, 5.74) is 1.61. The fraction of sp³-hybridized carbons (Fsp3) is 0.500. The molecule has 1 saturated carbocycles. The van der Waals surface area contributed by atoms with Crippen molar-refractivity contribution < 1.29 is 9.18 Å². The van der Waals surface area contributed by atoms with E-state index in [1.54, 1.807) is 12.3 Å². The summed E-state index contributed by atoms with van der Waals surface area (Å²) < 4.78 is 13.3. The van der Waals surface area contributed by atoms with E-state index in [9.17, 15) is 9.18 Å². The van der Waals surface area contributed by atoms with E-state index in [4.69, 9.17) is 0 Å². The van der Waals surface area contributed by atoms with Crippen LogP contribution in [0.25, 0.3) is 10.9 Å². The van der Waals surface area contributed by atoms with Gasteiger partial charge in [-0.3, -0.25) is 4.79 Å². The molecule has 1 saturated heterocycles. The number of halogens is 1. The molecule has 4 heteroatoms. The SMILES string of the molecule is CC1CC2CC(C)(C1)CN2C(=O)c1c[nH]c2cc(F)ccc12. The van der Waals surface area contributed by atoms with Gasteiger partial charge in [-0.1, -0.05) is 13.8 Å². The lowest BCUT2D eigenvalue weighted by molar-refractivity contribution is 0.0727. The Morgan fingerprint density at radius 3 is 3.05 bits per heavy atom. The van der Waals surface area contributed by atoms with Gasteiger partial charge in [0, 0.05) is 29.7 Å². The van der Waals surface area contributed by atoms with Gasteiger partial charge in [-0.05, 0) is 48.8 Å². The van der Waals surface area contributed by atoms with Crippen LogP contribution in [0.4, 0.5) is 4.39 Å². The van der Waals surface area contributed by atoms with E-state index >= 15 is 0 Å². The standard InChI is InChI=1S/C18H21FN2O/c1-11-5-13-8-18(2,7-11)10-21(13)17(22)15-9-20-16-6-12(19)3-4-14(15)16/h3-4,6,9,11,13,20H,5,7-8,10H2,1-2H3.